The Balaban J connectivity index is 1.71. The van der Waals surface area contributed by atoms with Crippen molar-refractivity contribution in [2.24, 2.45) is 0 Å². The molecule has 24 heavy (non-hydrogen) atoms. The Labute approximate surface area is 141 Å². The van der Waals surface area contributed by atoms with Crippen molar-refractivity contribution >= 4 is 33.8 Å². The lowest BCUT2D eigenvalue weighted by molar-refractivity contribution is -0.389. The van der Waals surface area contributed by atoms with Crippen LogP contribution in [0.2, 0.25) is 0 Å². The molecular formula is C15H15N5O3S. The second-order valence-electron chi connectivity index (χ2n) is 5.05. The number of fused-ring (bicyclic) bond motifs is 1. The summed E-state index contributed by atoms with van der Waals surface area (Å²) in [5, 5.41) is 18.6. The van der Waals surface area contributed by atoms with Crippen LogP contribution in [0.5, 0.6) is 0 Å². The van der Waals surface area contributed by atoms with Crippen molar-refractivity contribution in [2.75, 3.05) is 18.9 Å². The number of thiazole rings is 1. The quantitative estimate of drug-likeness (QED) is 0.527. The van der Waals surface area contributed by atoms with E-state index in [1.165, 1.54) is 15.7 Å². The molecule has 9 heteroatoms. The number of nitro groups is 1. The molecule has 8 nitrogen and oxygen atoms in total. The molecule has 0 bridgehead atoms. The number of rotatable bonds is 6. The van der Waals surface area contributed by atoms with Gasteiger partial charge >= 0.3 is 5.82 Å². The second-order valence-corrected chi connectivity index (χ2v) is 5.93. The molecule has 2 heterocycles. The van der Waals surface area contributed by atoms with Crippen molar-refractivity contribution in [2.45, 2.75) is 6.42 Å². The average molecular weight is 345 g/mol. The third-order valence-electron chi connectivity index (χ3n) is 3.53. The molecule has 0 aliphatic rings. The van der Waals surface area contributed by atoms with Gasteiger partial charge in [-0.05, 0) is 29.0 Å². The van der Waals surface area contributed by atoms with Gasteiger partial charge in [0.2, 0.25) is 5.82 Å². The van der Waals surface area contributed by atoms with E-state index in [2.05, 4.69) is 15.6 Å². The van der Waals surface area contributed by atoms with Crippen molar-refractivity contribution in [1.29, 1.82) is 0 Å². The van der Waals surface area contributed by atoms with Crippen molar-refractivity contribution in [3.63, 3.8) is 0 Å². The van der Waals surface area contributed by atoms with Gasteiger partial charge in [-0.25, -0.2) is 0 Å². The lowest BCUT2D eigenvalue weighted by Gasteiger charge is -2.06. The van der Waals surface area contributed by atoms with Crippen LogP contribution in [-0.2, 0) is 6.42 Å². The first kappa shape index (κ1) is 15.9. The maximum atomic E-state index is 11.6. The number of carbonyl (C=O) groups is 1. The normalized spacial score (nSPS) is 10.7. The first-order valence-electron chi connectivity index (χ1n) is 7.25. The highest BCUT2D eigenvalue weighted by Crippen LogP contribution is 2.27. The Morgan fingerprint density at radius 3 is 3.04 bits per heavy atom. The van der Waals surface area contributed by atoms with Crippen LogP contribution in [-0.4, -0.2) is 33.8 Å². The average Bonchev–Trinajstić information content (AvgIpc) is 3.14. The van der Waals surface area contributed by atoms with Crippen LogP contribution in [0, 0.1) is 10.1 Å². The van der Waals surface area contributed by atoms with Crippen LogP contribution in [0.25, 0.3) is 4.96 Å². The third-order valence-corrected chi connectivity index (χ3v) is 4.29. The molecule has 0 aliphatic carbocycles. The van der Waals surface area contributed by atoms with Gasteiger partial charge in [0.05, 0.1) is 0 Å². The fourth-order valence-corrected chi connectivity index (χ4v) is 3.11. The molecule has 0 saturated carbocycles. The summed E-state index contributed by atoms with van der Waals surface area (Å²) in [6.45, 7) is 0.475. The van der Waals surface area contributed by atoms with E-state index in [1.54, 1.807) is 30.8 Å². The number of hydrogen-bond donors (Lipinski definition) is 2. The second kappa shape index (κ2) is 6.67. The molecule has 0 saturated heterocycles. The zero-order chi connectivity index (χ0) is 17.1. The summed E-state index contributed by atoms with van der Waals surface area (Å²) in [7, 11) is 1.58. The SMILES string of the molecule is CNC(=O)c1cccc(CCNc2nc3sccn3c2[N+](=O)[O-])c1. The van der Waals surface area contributed by atoms with Gasteiger partial charge < -0.3 is 20.7 Å². The van der Waals surface area contributed by atoms with E-state index in [9.17, 15) is 14.9 Å². The standard InChI is InChI=1S/C15H15N5O3S/c1-16-13(21)11-4-2-3-10(9-11)5-6-17-12-14(20(22)23)19-7-8-24-15(19)18-12/h2-4,7-9,17H,5-6H2,1H3,(H,16,21). The summed E-state index contributed by atoms with van der Waals surface area (Å²) >= 11 is 1.34. The lowest BCUT2D eigenvalue weighted by Crippen LogP contribution is -2.18. The molecule has 3 rings (SSSR count). The van der Waals surface area contributed by atoms with Crippen molar-refractivity contribution in [3.05, 3.63) is 57.1 Å². The molecule has 0 atom stereocenters. The zero-order valence-electron chi connectivity index (χ0n) is 12.9. The van der Waals surface area contributed by atoms with E-state index < -0.39 is 4.92 Å². The first-order chi connectivity index (χ1) is 11.6. The van der Waals surface area contributed by atoms with Crippen LogP contribution >= 0.6 is 11.3 Å². The Bertz CT molecular complexity index is 902. The smallest absolute Gasteiger partial charge is 0.363 e. The Morgan fingerprint density at radius 1 is 1.46 bits per heavy atom. The Hall–Kier alpha value is -2.94. The van der Waals surface area contributed by atoms with Gasteiger partial charge in [-0.2, -0.15) is 9.38 Å². The van der Waals surface area contributed by atoms with E-state index in [0.29, 0.717) is 23.5 Å². The van der Waals surface area contributed by atoms with E-state index in [-0.39, 0.29) is 17.5 Å². The zero-order valence-corrected chi connectivity index (χ0v) is 13.7. The van der Waals surface area contributed by atoms with Crippen molar-refractivity contribution < 1.29 is 9.72 Å². The minimum Gasteiger partial charge on any atom is -0.363 e. The highest BCUT2D eigenvalue weighted by molar-refractivity contribution is 7.15. The number of imidazole rings is 1. The molecule has 3 aromatic rings. The summed E-state index contributed by atoms with van der Waals surface area (Å²) < 4.78 is 1.46. The van der Waals surface area contributed by atoms with Gasteiger partial charge in [0, 0.05) is 24.5 Å². The highest BCUT2D eigenvalue weighted by atomic mass is 32.1. The molecule has 1 amide bonds. The number of benzene rings is 1. The van der Waals surface area contributed by atoms with E-state index >= 15 is 0 Å². The Morgan fingerprint density at radius 2 is 2.29 bits per heavy atom. The maximum Gasteiger partial charge on any atom is 0.372 e. The summed E-state index contributed by atoms with van der Waals surface area (Å²) in [6, 6.07) is 7.27. The van der Waals surface area contributed by atoms with Crippen LogP contribution in [0.4, 0.5) is 11.6 Å². The van der Waals surface area contributed by atoms with Gasteiger partial charge in [0.1, 0.15) is 6.20 Å². The third kappa shape index (κ3) is 3.06. The van der Waals surface area contributed by atoms with Crippen LogP contribution < -0.4 is 10.6 Å². The molecular weight excluding hydrogens is 330 g/mol. The molecule has 2 N–H and O–H groups in total. The minimum atomic E-state index is -0.443. The van der Waals surface area contributed by atoms with Gasteiger partial charge in [0.15, 0.2) is 0 Å². The molecule has 0 unspecified atom stereocenters. The maximum absolute atomic E-state index is 11.6. The molecule has 2 aromatic heterocycles. The molecule has 1 aromatic carbocycles. The predicted molar refractivity (Wildman–Crippen MR) is 91.7 cm³/mol. The van der Waals surface area contributed by atoms with Gasteiger partial charge in [-0.15, -0.1) is 0 Å². The first-order valence-corrected chi connectivity index (χ1v) is 8.13. The van der Waals surface area contributed by atoms with E-state index in [0.717, 1.165) is 5.56 Å². The van der Waals surface area contributed by atoms with Crippen LogP contribution in [0.1, 0.15) is 15.9 Å². The fraction of sp³-hybridized carbons (Fsp3) is 0.200. The van der Waals surface area contributed by atoms with E-state index in [4.69, 9.17) is 0 Å². The molecule has 0 spiro atoms. The fourth-order valence-electron chi connectivity index (χ4n) is 2.40. The van der Waals surface area contributed by atoms with Gasteiger partial charge in [-0.3, -0.25) is 4.79 Å². The van der Waals surface area contributed by atoms with E-state index in [1.807, 2.05) is 12.1 Å². The predicted octanol–water partition coefficient (Wildman–Crippen LogP) is 2.32. The van der Waals surface area contributed by atoms with Gasteiger partial charge in [-0.1, -0.05) is 23.5 Å². The minimum absolute atomic E-state index is 0.0645. The summed E-state index contributed by atoms with van der Waals surface area (Å²) in [6.07, 6.45) is 2.25. The molecule has 0 aliphatic heterocycles. The molecule has 0 radical (unpaired) electrons. The Kier molecular flexibility index (Phi) is 4.43. The summed E-state index contributed by atoms with van der Waals surface area (Å²) in [5.41, 5.74) is 1.55. The van der Waals surface area contributed by atoms with Crippen LogP contribution in [0.3, 0.4) is 0 Å². The topological polar surface area (TPSA) is 102 Å². The molecule has 0 fully saturated rings. The number of aromatic nitrogens is 2. The summed E-state index contributed by atoms with van der Waals surface area (Å²) in [4.78, 5) is 27.3. The lowest BCUT2D eigenvalue weighted by atomic mass is 10.1. The molecule has 124 valence electrons. The number of amides is 1. The number of carbonyl (C=O) groups excluding carboxylic acids is 1. The van der Waals surface area contributed by atoms with Gasteiger partial charge in [0.25, 0.3) is 10.9 Å². The summed E-state index contributed by atoms with van der Waals surface area (Å²) in [5.74, 6) is 0.0504. The monoisotopic (exact) mass is 345 g/mol. The number of hydrogen-bond acceptors (Lipinski definition) is 6. The highest BCUT2D eigenvalue weighted by Gasteiger charge is 2.23. The largest absolute Gasteiger partial charge is 0.372 e. The number of nitrogens with one attached hydrogen (secondary N) is 2. The number of nitrogens with zero attached hydrogens (tertiary/aromatic N) is 3. The van der Waals surface area contributed by atoms with Crippen molar-refractivity contribution in [1.82, 2.24) is 14.7 Å². The van der Waals surface area contributed by atoms with Crippen molar-refractivity contribution in [3.8, 4) is 0 Å². The number of anilines is 1. The van der Waals surface area contributed by atoms with Crippen LogP contribution in [0.15, 0.2) is 35.8 Å².